The predicted molar refractivity (Wildman–Crippen MR) is 125 cm³/mol. The monoisotopic (exact) mass is 456 g/mol. The fourth-order valence-electron chi connectivity index (χ4n) is 4.79. The lowest BCUT2D eigenvalue weighted by Gasteiger charge is -2.33. The van der Waals surface area contributed by atoms with Gasteiger partial charge in [0.15, 0.2) is 5.11 Å². The van der Waals surface area contributed by atoms with Gasteiger partial charge in [0.1, 0.15) is 0 Å². The van der Waals surface area contributed by atoms with Gasteiger partial charge >= 0.3 is 0 Å². The second kappa shape index (κ2) is 8.22. The summed E-state index contributed by atoms with van der Waals surface area (Å²) >= 11 is 18.6. The van der Waals surface area contributed by atoms with Crippen LogP contribution < -0.4 is 5.32 Å². The van der Waals surface area contributed by atoms with E-state index in [4.69, 9.17) is 35.4 Å². The van der Waals surface area contributed by atoms with Gasteiger partial charge in [0.2, 0.25) is 0 Å². The first-order valence-corrected chi connectivity index (χ1v) is 11.4. The fourth-order valence-corrected chi connectivity index (χ4v) is 5.68. The van der Waals surface area contributed by atoms with Crippen LogP contribution in [0.2, 0.25) is 10.0 Å². The number of thiocarbonyl (C=S) groups is 1. The van der Waals surface area contributed by atoms with Gasteiger partial charge in [-0.15, -0.1) is 0 Å². The minimum atomic E-state index is -0.0287. The van der Waals surface area contributed by atoms with E-state index in [1.54, 1.807) is 6.07 Å². The normalized spacial score (nSPS) is 21.9. The summed E-state index contributed by atoms with van der Waals surface area (Å²) in [7, 11) is 0. The van der Waals surface area contributed by atoms with Crippen LogP contribution in [0.5, 0.6) is 0 Å². The van der Waals surface area contributed by atoms with Crippen LogP contribution in [-0.4, -0.2) is 25.6 Å². The van der Waals surface area contributed by atoms with Crippen LogP contribution in [0.3, 0.4) is 0 Å². The zero-order valence-electron chi connectivity index (χ0n) is 16.3. The zero-order chi connectivity index (χ0) is 20.7. The van der Waals surface area contributed by atoms with Crippen molar-refractivity contribution in [3.05, 3.63) is 82.4 Å². The van der Waals surface area contributed by atoms with Crippen molar-refractivity contribution in [3.63, 3.8) is 0 Å². The average Bonchev–Trinajstić information content (AvgIpc) is 3.48. The number of hydrogen-bond acceptors (Lipinski definition) is 2. The Kier molecular flexibility index (Phi) is 5.44. The summed E-state index contributed by atoms with van der Waals surface area (Å²) in [6.45, 7) is 0. The molecule has 0 bridgehead atoms. The van der Waals surface area contributed by atoms with Crippen molar-refractivity contribution >= 4 is 40.5 Å². The molecule has 1 saturated carbocycles. The molecule has 3 aromatic rings. The number of nitrogens with zero attached hydrogens (tertiary/aromatic N) is 3. The van der Waals surface area contributed by atoms with Crippen LogP contribution in [0.15, 0.2) is 60.9 Å². The topological polar surface area (TPSA) is 33.1 Å². The Hall–Kier alpha value is -2.08. The molecule has 2 aromatic heterocycles. The Morgan fingerprint density at radius 3 is 2.60 bits per heavy atom. The highest BCUT2D eigenvalue weighted by Crippen LogP contribution is 2.43. The fraction of sp³-hybridized carbons (Fsp3) is 0.304. The van der Waals surface area contributed by atoms with E-state index in [-0.39, 0.29) is 12.1 Å². The number of aromatic nitrogens is 2. The molecule has 1 saturated heterocycles. The molecule has 4 nitrogen and oxygen atoms in total. The molecule has 1 N–H and O–H groups in total. The first-order chi connectivity index (χ1) is 14.6. The van der Waals surface area contributed by atoms with Crippen LogP contribution in [0, 0.1) is 0 Å². The van der Waals surface area contributed by atoms with E-state index >= 15 is 0 Å². The molecule has 0 radical (unpaired) electrons. The number of benzene rings is 1. The standard InChI is InChI=1S/C23H22Cl2N4S/c24-15-10-11-19(17(25)14-15)28-13-5-9-20(28)22-21(18-8-3-4-12-26-18)27-23(30)29(22)16-6-1-2-7-16/h3-5,8-14,16,21-22H,1-2,6-7H2,(H,27,30). The number of nitrogens with one attached hydrogen (secondary N) is 1. The third-order valence-corrected chi connectivity index (χ3v) is 6.97. The maximum Gasteiger partial charge on any atom is 0.170 e. The summed E-state index contributed by atoms with van der Waals surface area (Å²) in [5.41, 5.74) is 3.03. The quantitative estimate of drug-likeness (QED) is 0.481. The molecule has 5 rings (SSSR count). The highest BCUT2D eigenvalue weighted by Gasteiger charge is 2.44. The molecule has 7 heteroatoms. The molecule has 2 unspecified atom stereocenters. The van der Waals surface area contributed by atoms with E-state index in [2.05, 4.69) is 38.0 Å². The van der Waals surface area contributed by atoms with Gasteiger partial charge in [0.05, 0.1) is 28.5 Å². The van der Waals surface area contributed by atoms with Gasteiger partial charge in [-0.05, 0) is 67.5 Å². The van der Waals surface area contributed by atoms with Crippen LogP contribution >= 0.6 is 35.4 Å². The summed E-state index contributed by atoms with van der Waals surface area (Å²) in [6, 6.07) is 16.3. The van der Waals surface area contributed by atoms with Crippen molar-refractivity contribution in [2.75, 3.05) is 0 Å². The Morgan fingerprint density at radius 2 is 1.87 bits per heavy atom. The van der Waals surface area contributed by atoms with Crippen molar-refractivity contribution in [1.29, 1.82) is 0 Å². The second-order valence-corrected chi connectivity index (χ2v) is 9.10. The van der Waals surface area contributed by atoms with Crippen LogP contribution in [0.1, 0.15) is 49.2 Å². The molecular formula is C23H22Cl2N4S. The molecule has 3 heterocycles. The number of rotatable bonds is 4. The Labute approximate surface area is 191 Å². The maximum absolute atomic E-state index is 6.57. The largest absolute Gasteiger partial charge is 0.352 e. The lowest BCUT2D eigenvalue weighted by Crippen LogP contribution is -2.38. The molecule has 1 aliphatic heterocycles. The third-order valence-electron chi connectivity index (χ3n) is 6.11. The number of halogens is 2. The van der Waals surface area contributed by atoms with Gasteiger partial charge in [-0.25, -0.2) is 0 Å². The minimum Gasteiger partial charge on any atom is -0.352 e. The molecule has 154 valence electrons. The van der Waals surface area contributed by atoms with Gasteiger partial charge < -0.3 is 14.8 Å². The molecule has 30 heavy (non-hydrogen) atoms. The molecule has 2 atom stereocenters. The SMILES string of the molecule is S=C1NC(c2ccccn2)C(c2cccn2-c2ccc(Cl)cc2Cl)N1C1CCCC1. The van der Waals surface area contributed by atoms with Gasteiger partial charge in [-0.3, -0.25) is 4.98 Å². The summed E-state index contributed by atoms with van der Waals surface area (Å²) in [5, 5.41) is 5.61. The van der Waals surface area contributed by atoms with E-state index < -0.39 is 0 Å². The first kappa shape index (κ1) is 19.9. The molecule has 2 aliphatic rings. The van der Waals surface area contributed by atoms with Gasteiger partial charge in [-0.1, -0.05) is 42.1 Å². The molecule has 1 aliphatic carbocycles. The smallest absolute Gasteiger partial charge is 0.170 e. The van der Waals surface area contributed by atoms with Crippen LogP contribution in [-0.2, 0) is 0 Å². The summed E-state index contributed by atoms with van der Waals surface area (Å²) in [6.07, 6.45) is 8.70. The molecule has 0 spiro atoms. The molecule has 1 aromatic carbocycles. The molecule has 2 fully saturated rings. The maximum atomic E-state index is 6.57. The molecular weight excluding hydrogens is 435 g/mol. The van der Waals surface area contributed by atoms with E-state index in [9.17, 15) is 0 Å². The van der Waals surface area contributed by atoms with Gasteiger partial charge in [0.25, 0.3) is 0 Å². The minimum absolute atomic E-state index is 0.0252. The Bertz CT molecular complexity index is 1060. The Morgan fingerprint density at radius 1 is 1.03 bits per heavy atom. The average molecular weight is 457 g/mol. The van der Waals surface area contributed by atoms with Crippen molar-refractivity contribution in [3.8, 4) is 5.69 Å². The zero-order valence-corrected chi connectivity index (χ0v) is 18.7. The van der Waals surface area contributed by atoms with E-state index in [0.29, 0.717) is 16.1 Å². The summed E-state index contributed by atoms with van der Waals surface area (Å²) in [4.78, 5) is 7.05. The van der Waals surface area contributed by atoms with E-state index in [1.807, 2.05) is 36.7 Å². The van der Waals surface area contributed by atoms with E-state index in [0.717, 1.165) is 35.0 Å². The number of hydrogen-bond donors (Lipinski definition) is 1. The second-order valence-electron chi connectivity index (χ2n) is 7.87. The van der Waals surface area contributed by atoms with Gasteiger partial charge in [-0.2, -0.15) is 0 Å². The highest BCUT2D eigenvalue weighted by molar-refractivity contribution is 7.80. The van der Waals surface area contributed by atoms with E-state index in [1.165, 1.54) is 12.8 Å². The third kappa shape index (κ3) is 3.49. The van der Waals surface area contributed by atoms with Crippen LogP contribution in [0.25, 0.3) is 5.69 Å². The predicted octanol–water partition coefficient (Wildman–Crippen LogP) is 6.09. The Balaban J connectivity index is 1.63. The lowest BCUT2D eigenvalue weighted by atomic mass is 9.99. The van der Waals surface area contributed by atoms with Crippen LogP contribution in [0.4, 0.5) is 0 Å². The van der Waals surface area contributed by atoms with Crippen molar-refractivity contribution in [2.45, 2.75) is 43.8 Å². The number of pyridine rings is 1. The molecule has 0 amide bonds. The van der Waals surface area contributed by atoms with Gasteiger partial charge in [0, 0.05) is 29.2 Å². The summed E-state index contributed by atoms with van der Waals surface area (Å²) in [5.74, 6) is 0. The lowest BCUT2D eigenvalue weighted by molar-refractivity contribution is 0.239. The van der Waals surface area contributed by atoms with Crippen molar-refractivity contribution in [1.82, 2.24) is 19.8 Å². The van der Waals surface area contributed by atoms with Crippen molar-refractivity contribution in [2.24, 2.45) is 0 Å². The highest BCUT2D eigenvalue weighted by atomic mass is 35.5. The summed E-state index contributed by atoms with van der Waals surface area (Å²) < 4.78 is 2.15. The first-order valence-electron chi connectivity index (χ1n) is 10.3. The van der Waals surface area contributed by atoms with Crippen molar-refractivity contribution < 1.29 is 0 Å².